The zero-order valence-electron chi connectivity index (χ0n) is 13.0. The van der Waals surface area contributed by atoms with Crippen molar-refractivity contribution in [2.75, 3.05) is 31.1 Å². The Morgan fingerprint density at radius 2 is 2.04 bits per heavy atom. The van der Waals surface area contributed by atoms with Crippen molar-refractivity contribution in [2.24, 2.45) is 5.92 Å². The van der Waals surface area contributed by atoms with Gasteiger partial charge in [0.15, 0.2) is 5.52 Å². The number of nitro benzene ring substituents is 1. The number of hydrogen-bond acceptors (Lipinski definition) is 5. The summed E-state index contributed by atoms with van der Waals surface area (Å²) in [4.78, 5) is 18.2. The number of rotatable bonds is 4. The number of nitrogens with one attached hydrogen (secondary N) is 1. The number of nitrogens with zero attached hydrogens (tertiary/aromatic N) is 4. The highest BCUT2D eigenvalue weighted by atomic mass is 79.9. The van der Waals surface area contributed by atoms with Crippen LogP contribution in [0.2, 0.25) is 0 Å². The quantitative estimate of drug-likeness (QED) is 0.561. The fraction of sp³-hybridized carbons (Fsp3) is 0.533. The Morgan fingerprint density at radius 3 is 2.67 bits per heavy atom. The molecule has 2 aliphatic rings. The van der Waals surface area contributed by atoms with Gasteiger partial charge in [-0.25, -0.2) is 4.98 Å². The summed E-state index contributed by atoms with van der Waals surface area (Å²) in [7, 11) is 0. The van der Waals surface area contributed by atoms with Gasteiger partial charge in [0.2, 0.25) is 5.95 Å². The minimum Gasteiger partial charge on any atom is -0.340 e. The highest BCUT2D eigenvalue weighted by molar-refractivity contribution is 9.13. The molecule has 0 spiro atoms. The summed E-state index contributed by atoms with van der Waals surface area (Å²) in [5, 5.41) is 14.9. The van der Waals surface area contributed by atoms with Gasteiger partial charge in [-0.15, -0.1) is 0 Å². The SMILES string of the molecule is O=[N+]([O-])c1c(Br)c(Br)cc2c1nc(N1CCNCC1)n2CC1CC1. The van der Waals surface area contributed by atoms with Crippen LogP contribution in [-0.4, -0.2) is 40.7 Å². The second kappa shape index (κ2) is 6.27. The molecule has 0 unspecified atom stereocenters. The summed E-state index contributed by atoms with van der Waals surface area (Å²) in [5.41, 5.74) is 1.33. The summed E-state index contributed by atoms with van der Waals surface area (Å²) in [5.74, 6) is 1.51. The van der Waals surface area contributed by atoms with Crippen LogP contribution in [0.4, 0.5) is 11.6 Å². The van der Waals surface area contributed by atoms with Gasteiger partial charge >= 0.3 is 5.69 Å². The molecule has 24 heavy (non-hydrogen) atoms. The van der Waals surface area contributed by atoms with E-state index in [4.69, 9.17) is 4.98 Å². The molecule has 0 bridgehead atoms. The van der Waals surface area contributed by atoms with Crippen LogP contribution in [0.15, 0.2) is 15.0 Å². The van der Waals surface area contributed by atoms with E-state index in [2.05, 4.69) is 46.6 Å². The first kappa shape index (κ1) is 16.3. The Hall–Kier alpha value is -1.19. The highest BCUT2D eigenvalue weighted by Crippen LogP contribution is 2.42. The summed E-state index contributed by atoms with van der Waals surface area (Å²) in [6.45, 7) is 4.42. The van der Waals surface area contributed by atoms with Gasteiger partial charge in [-0.3, -0.25) is 10.1 Å². The van der Waals surface area contributed by atoms with E-state index in [0.717, 1.165) is 44.2 Å². The number of nitro groups is 1. The molecule has 1 saturated heterocycles. The van der Waals surface area contributed by atoms with E-state index < -0.39 is 0 Å². The molecule has 1 aromatic heterocycles. The third kappa shape index (κ3) is 2.82. The highest BCUT2D eigenvalue weighted by Gasteiger charge is 2.30. The molecule has 2 fully saturated rings. The second-order valence-corrected chi connectivity index (χ2v) is 8.00. The maximum absolute atomic E-state index is 11.6. The molecule has 0 amide bonds. The lowest BCUT2D eigenvalue weighted by Gasteiger charge is -2.29. The van der Waals surface area contributed by atoms with Gasteiger partial charge in [0, 0.05) is 37.2 Å². The Kier molecular flexibility index (Phi) is 4.26. The molecule has 128 valence electrons. The van der Waals surface area contributed by atoms with Gasteiger partial charge in [0.05, 0.1) is 10.4 Å². The van der Waals surface area contributed by atoms with Crippen LogP contribution in [0.25, 0.3) is 11.0 Å². The van der Waals surface area contributed by atoms with Crippen molar-refractivity contribution >= 4 is 54.5 Å². The van der Waals surface area contributed by atoms with Gasteiger partial charge in [-0.2, -0.15) is 0 Å². The molecule has 9 heteroatoms. The Bertz CT molecular complexity index is 812. The van der Waals surface area contributed by atoms with Crippen molar-refractivity contribution in [1.29, 1.82) is 0 Å². The molecule has 0 radical (unpaired) electrons. The van der Waals surface area contributed by atoms with Crippen LogP contribution in [0.5, 0.6) is 0 Å². The number of benzene rings is 1. The fourth-order valence-corrected chi connectivity index (χ4v) is 4.04. The van der Waals surface area contributed by atoms with Gasteiger partial charge in [0.25, 0.3) is 0 Å². The van der Waals surface area contributed by atoms with E-state index in [1.165, 1.54) is 12.8 Å². The first-order chi connectivity index (χ1) is 11.6. The summed E-state index contributed by atoms with van der Waals surface area (Å²) < 4.78 is 3.30. The molecular weight excluding hydrogens is 442 g/mol. The molecule has 1 N–H and O–H groups in total. The van der Waals surface area contributed by atoms with Crippen LogP contribution < -0.4 is 10.2 Å². The lowest BCUT2D eigenvalue weighted by Crippen LogP contribution is -2.44. The number of fused-ring (bicyclic) bond motifs is 1. The lowest BCUT2D eigenvalue weighted by atomic mass is 10.2. The number of anilines is 1. The van der Waals surface area contributed by atoms with Gasteiger partial charge < -0.3 is 14.8 Å². The molecule has 1 aromatic carbocycles. The fourth-order valence-electron chi connectivity index (χ4n) is 3.19. The number of aromatic nitrogens is 2. The topological polar surface area (TPSA) is 76.2 Å². The number of hydrogen-bond donors (Lipinski definition) is 1. The zero-order chi connectivity index (χ0) is 16.8. The van der Waals surface area contributed by atoms with Crippen LogP contribution in [0.1, 0.15) is 12.8 Å². The van der Waals surface area contributed by atoms with E-state index in [0.29, 0.717) is 20.4 Å². The molecule has 7 nitrogen and oxygen atoms in total. The average Bonchev–Trinajstić information content (AvgIpc) is 3.32. The zero-order valence-corrected chi connectivity index (χ0v) is 16.1. The molecule has 1 saturated carbocycles. The third-order valence-corrected chi connectivity index (χ3v) is 6.57. The molecule has 1 aliphatic heterocycles. The Labute approximate surface area is 155 Å². The smallest absolute Gasteiger partial charge is 0.312 e. The van der Waals surface area contributed by atoms with Crippen LogP contribution in [-0.2, 0) is 6.54 Å². The van der Waals surface area contributed by atoms with Gasteiger partial charge in [0.1, 0.15) is 4.47 Å². The summed E-state index contributed by atoms with van der Waals surface area (Å²) >= 11 is 6.77. The van der Waals surface area contributed by atoms with Gasteiger partial charge in [-0.1, -0.05) is 0 Å². The minimum absolute atomic E-state index is 0.0327. The molecule has 4 rings (SSSR count). The first-order valence-corrected chi connectivity index (χ1v) is 9.63. The van der Waals surface area contributed by atoms with Gasteiger partial charge in [-0.05, 0) is 56.7 Å². The van der Waals surface area contributed by atoms with Crippen LogP contribution >= 0.6 is 31.9 Å². The standard InChI is InChI=1S/C15H17Br2N5O2/c16-10-7-11-13(14(12(10)17)22(23)24)19-15(20-5-3-18-4-6-20)21(11)8-9-1-2-9/h7,9,18H,1-6,8H2. The maximum atomic E-state index is 11.6. The predicted molar refractivity (Wildman–Crippen MR) is 99.6 cm³/mol. The number of piperazine rings is 1. The van der Waals surface area contributed by atoms with E-state index in [-0.39, 0.29) is 10.6 Å². The van der Waals surface area contributed by atoms with Crippen molar-refractivity contribution < 1.29 is 4.92 Å². The molecule has 1 aliphatic carbocycles. The summed E-state index contributed by atoms with van der Waals surface area (Å²) in [6.07, 6.45) is 2.45. The average molecular weight is 459 g/mol. The lowest BCUT2D eigenvalue weighted by molar-refractivity contribution is -0.384. The molecular formula is C15H17Br2N5O2. The molecule has 2 heterocycles. The van der Waals surface area contributed by atoms with Crippen molar-refractivity contribution in [1.82, 2.24) is 14.9 Å². The summed E-state index contributed by atoms with van der Waals surface area (Å²) in [6, 6.07) is 1.94. The number of imidazole rings is 1. The second-order valence-electron chi connectivity index (χ2n) is 6.35. The van der Waals surface area contributed by atoms with Crippen LogP contribution in [0, 0.1) is 16.0 Å². The van der Waals surface area contributed by atoms with Crippen LogP contribution in [0.3, 0.4) is 0 Å². The first-order valence-electron chi connectivity index (χ1n) is 8.04. The number of halogens is 2. The normalized spacial score (nSPS) is 18.3. The Balaban J connectivity index is 1.93. The van der Waals surface area contributed by atoms with E-state index in [9.17, 15) is 10.1 Å². The molecule has 0 atom stereocenters. The largest absolute Gasteiger partial charge is 0.340 e. The van der Waals surface area contributed by atoms with Crippen molar-refractivity contribution in [3.8, 4) is 0 Å². The van der Waals surface area contributed by atoms with Crippen molar-refractivity contribution in [3.63, 3.8) is 0 Å². The minimum atomic E-state index is -0.354. The van der Waals surface area contributed by atoms with E-state index >= 15 is 0 Å². The predicted octanol–water partition coefficient (Wildman–Crippen LogP) is 3.29. The Morgan fingerprint density at radius 1 is 1.33 bits per heavy atom. The molecule has 2 aromatic rings. The maximum Gasteiger partial charge on any atom is 0.312 e. The monoisotopic (exact) mass is 457 g/mol. The van der Waals surface area contributed by atoms with Crippen molar-refractivity contribution in [2.45, 2.75) is 19.4 Å². The van der Waals surface area contributed by atoms with E-state index in [1.807, 2.05) is 6.07 Å². The third-order valence-electron chi connectivity index (χ3n) is 4.61. The van der Waals surface area contributed by atoms with Crippen molar-refractivity contribution in [3.05, 3.63) is 25.1 Å². The van der Waals surface area contributed by atoms with E-state index in [1.54, 1.807) is 0 Å².